The minimum absolute atomic E-state index is 0. The second-order valence-electron chi connectivity index (χ2n) is 5.35. The van der Waals surface area contributed by atoms with Gasteiger partial charge in [0.15, 0.2) is 0 Å². The number of amides is 1. The van der Waals surface area contributed by atoms with E-state index in [9.17, 15) is 4.79 Å². The van der Waals surface area contributed by atoms with E-state index in [1.54, 1.807) is 0 Å². The van der Waals surface area contributed by atoms with Crippen LogP contribution < -0.4 is 10.2 Å². The van der Waals surface area contributed by atoms with Crippen molar-refractivity contribution in [2.75, 3.05) is 24.5 Å². The van der Waals surface area contributed by atoms with Crippen molar-refractivity contribution in [1.82, 2.24) is 5.32 Å². The summed E-state index contributed by atoms with van der Waals surface area (Å²) in [5.41, 5.74) is 0.898. The molecular weight excluding hydrogens is 307 g/mol. The summed E-state index contributed by atoms with van der Waals surface area (Å²) in [6.45, 7) is 4.87. The van der Waals surface area contributed by atoms with Crippen molar-refractivity contribution in [1.29, 1.82) is 0 Å². The first-order chi connectivity index (χ1) is 9.70. The molecule has 1 N–H and O–H groups in total. The Hall–Kier alpha value is -0.770. The number of hydrogen-bond acceptors (Lipinski definition) is 2. The second-order valence-corrected chi connectivity index (χ2v) is 5.79. The van der Waals surface area contributed by atoms with Gasteiger partial charge in [-0.15, -0.1) is 12.4 Å². The summed E-state index contributed by atoms with van der Waals surface area (Å²) >= 11 is 6.00. The number of rotatable bonds is 5. The van der Waals surface area contributed by atoms with E-state index in [2.05, 4.69) is 5.32 Å². The first-order valence-corrected chi connectivity index (χ1v) is 7.85. The average Bonchev–Trinajstić information content (AvgIpc) is 2.47. The van der Waals surface area contributed by atoms with Crippen LogP contribution in [0.3, 0.4) is 0 Å². The quantitative estimate of drug-likeness (QED) is 0.888. The molecule has 0 atom stereocenters. The lowest BCUT2D eigenvalue weighted by atomic mass is 9.93. The molecular formula is C16H24Cl2N2O. The molecule has 0 saturated carbocycles. The molecule has 0 radical (unpaired) electrons. The molecule has 0 unspecified atom stereocenters. The van der Waals surface area contributed by atoms with Gasteiger partial charge in [-0.2, -0.15) is 0 Å². The van der Waals surface area contributed by atoms with Crippen molar-refractivity contribution < 1.29 is 4.79 Å². The summed E-state index contributed by atoms with van der Waals surface area (Å²) in [5.74, 6) is 0.895. The molecule has 3 nitrogen and oxygen atoms in total. The van der Waals surface area contributed by atoms with Gasteiger partial charge in [-0.1, -0.05) is 17.7 Å². The van der Waals surface area contributed by atoms with E-state index in [-0.39, 0.29) is 18.3 Å². The van der Waals surface area contributed by atoms with Crippen LogP contribution in [-0.2, 0) is 4.79 Å². The van der Waals surface area contributed by atoms with Crippen molar-refractivity contribution in [2.45, 2.75) is 32.6 Å². The fourth-order valence-corrected chi connectivity index (χ4v) is 2.96. The van der Waals surface area contributed by atoms with Crippen LogP contribution in [0.5, 0.6) is 0 Å². The molecule has 2 rings (SSSR count). The summed E-state index contributed by atoms with van der Waals surface area (Å²) in [4.78, 5) is 14.2. The predicted molar refractivity (Wildman–Crippen MR) is 91.6 cm³/mol. The summed E-state index contributed by atoms with van der Waals surface area (Å²) in [6.07, 6.45) is 4.01. The maximum atomic E-state index is 12.4. The number of benzene rings is 1. The number of nitrogens with zero attached hydrogens (tertiary/aromatic N) is 1. The van der Waals surface area contributed by atoms with E-state index in [0.717, 1.165) is 25.2 Å². The molecule has 0 aliphatic carbocycles. The van der Waals surface area contributed by atoms with Gasteiger partial charge in [-0.05, 0) is 63.4 Å². The van der Waals surface area contributed by atoms with E-state index in [0.29, 0.717) is 23.9 Å². The Bertz CT molecular complexity index is 448. The molecule has 1 heterocycles. The third kappa shape index (κ3) is 5.50. The van der Waals surface area contributed by atoms with Gasteiger partial charge in [0.1, 0.15) is 0 Å². The second kappa shape index (κ2) is 9.29. The van der Waals surface area contributed by atoms with Gasteiger partial charge in [0.25, 0.3) is 0 Å². The monoisotopic (exact) mass is 330 g/mol. The third-order valence-corrected chi connectivity index (χ3v) is 4.20. The number of carbonyl (C=O) groups is 1. The molecule has 1 aromatic rings. The Kier molecular flexibility index (Phi) is 8.09. The Morgan fingerprint density at radius 3 is 2.71 bits per heavy atom. The fraction of sp³-hybridized carbons (Fsp3) is 0.562. The molecule has 1 aliphatic heterocycles. The van der Waals surface area contributed by atoms with E-state index < -0.39 is 0 Å². The van der Waals surface area contributed by atoms with Crippen LogP contribution in [0.2, 0.25) is 5.02 Å². The van der Waals surface area contributed by atoms with Crippen LogP contribution in [0.4, 0.5) is 5.69 Å². The molecule has 0 aromatic heterocycles. The molecule has 0 bridgehead atoms. The van der Waals surface area contributed by atoms with Crippen LogP contribution in [0.25, 0.3) is 0 Å². The zero-order valence-electron chi connectivity index (χ0n) is 12.5. The van der Waals surface area contributed by atoms with E-state index in [4.69, 9.17) is 11.6 Å². The van der Waals surface area contributed by atoms with Gasteiger partial charge in [0, 0.05) is 23.7 Å². The highest BCUT2D eigenvalue weighted by atomic mass is 35.5. The molecule has 1 saturated heterocycles. The summed E-state index contributed by atoms with van der Waals surface area (Å²) in [6, 6.07) is 7.52. The minimum atomic E-state index is 0. The fourth-order valence-electron chi connectivity index (χ4n) is 2.78. The van der Waals surface area contributed by atoms with Crippen molar-refractivity contribution in [3.05, 3.63) is 29.3 Å². The summed E-state index contributed by atoms with van der Waals surface area (Å²) < 4.78 is 0. The Morgan fingerprint density at radius 1 is 1.38 bits per heavy atom. The van der Waals surface area contributed by atoms with Crippen LogP contribution in [0.1, 0.15) is 32.6 Å². The molecule has 0 spiro atoms. The SMILES string of the molecule is CCN(C(=O)CCC1CCNCC1)c1cccc(Cl)c1.Cl. The summed E-state index contributed by atoms with van der Waals surface area (Å²) in [5, 5.41) is 4.03. The molecule has 118 valence electrons. The lowest BCUT2D eigenvalue weighted by molar-refractivity contribution is -0.118. The van der Waals surface area contributed by atoms with Crippen molar-refractivity contribution in [3.8, 4) is 0 Å². The van der Waals surface area contributed by atoms with Gasteiger partial charge in [0.05, 0.1) is 0 Å². The molecule has 1 aromatic carbocycles. The largest absolute Gasteiger partial charge is 0.317 e. The number of anilines is 1. The van der Waals surface area contributed by atoms with Gasteiger partial charge in [0.2, 0.25) is 5.91 Å². The lowest BCUT2D eigenvalue weighted by Gasteiger charge is -2.25. The topological polar surface area (TPSA) is 32.3 Å². The minimum Gasteiger partial charge on any atom is -0.317 e. The van der Waals surface area contributed by atoms with Gasteiger partial charge in [-0.3, -0.25) is 4.79 Å². The van der Waals surface area contributed by atoms with Crippen LogP contribution in [0.15, 0.2) is 24.3 Å². The smallest absolute Gasteiger partial charge is 0.226 e. The zero-order chi connectivity index (χ0) is 14.4. The Labute approximate surface area is 138 Å². The molecule has 1 aliphatic rings. The van der Waals surface area contributed by atoms with Crippen molar-refractivity contribution in [3.63, 3.8) is 0 Å². The van der Waals surface area contributed by atoms with Crippen molar-refractivity contribution in [2.24, 2.45) is 5.92 Å². The maximum absolute atomic E-state index is 12.4. The standard InChI is InChI=1S/C16H23ClN2O.ClH/c1-2-19(15-5-3-4-14(17)12-15)16(20)7-6-13-8-10-18-11-9-13;/h3-5,12-13,18H,2,6-11H2,1H3;1H. The molecule has 5 heteroatoms. The number of piperidine rings is 1. The normalized spacial score (nSPS) is 15.3. The van der Waals surface area contributed by atoms with Crippen LogP contribution >= 0.6 is 24.0 Å². The first kappa shape index (κ1) is 18.3. The maximum Gasteiger partial charge on any atom is 0.226 e. The first-order valence-electron chi connectivity index (χ1n) is 7.47. The Balaban J connectivity index is 0.00000220. The van der Waals surface area contributed by atoms with E-state index in [1.165, 1.54) is 12.8 Å². The number of nitrogens with one attached hydrogen (secondary N) is 1. The van der Waals surface area contributed by atoms with Gasteiger partial charge >= 0.3 is 0 Å². The highest BCUT2D eigenvalue weighted by molar-refractivity contribution is 6.30. The van der Waals surface area contributed by atoms with Crippen LogP contribution in [0, 0.1) is 5.92 Å². The van der Waals surface area contributed by atoms with Gasteiger partial charge < -0.3 is 10.2 Å². The average molecular weight is 331 g/mol. The molecule has 1 amide bonds. The van der Waals surface area contributed by atoms with E-state index in [1.807, 2.05) is 36.1 Å². The van der Waals surface area contributed by atoms with Gasteiger partial charge in [-0.25, -0.2) is 0 Å². The van der Waals surface area contributed by atoms with E-state index >= 15 is 0 Å². The Morgan fingerprint density at radius 2 is 2.10 bits per heavy atom. The third-order valence-electron chi connectivity index (χ3n) is 3.96. The highest BCUT2D eigenvalue weighted by Crippen LogP contribution is 2.22. The molecule has 21 heavy (non-hydrogen) atoms. The van der Waals surface area contributed by atoms with Crippen molar-refractivity contribution >= 4 is 35.6 Å². The zero-order valence-corrected chi connectivity index (χ0v) is 14.1. The predicted octanol–water partition coefficient (Wildman–Crippen LogP) is 3.89. The van der Waals surface area contributed by atoms with Crippen LogP contribution in [-0.4, -0.2) is 25.5 Å². The number of halogens is 2. The number of hydrogen-bond donors (Lipinski definition) is 1. The highest BCUT2D eigenvalue weighted by Gasteiger charge is 2.18. The molecule has 1 fully saturated rings. The summed E-state index contributed by atoms with van der Waals surface area (Å²) in [7, 11) is 0. The lowest BCUT2D eigenvalue weighted by Crippen LogP contribution is -2.32. The number of carbonyl (C=O) groups excluding carboxylic acids is 1.